The van der Waals surface area contributed by atoms with Crippen LogP contribution >= 0.6 is 0 Å². The van der Waals surface area contributed by atoms with Crippen molar-refractivity contribution in [2.75, 3.05) is 26.3 Å². The lowest BCUT2D eigenvalue weighted by atomic mass is 10.3. The lowest BCUT2D eigenvalue weighted by molar-refractivity contribution is 0.0730. The van der Waals surface area contributed by atoms with Gasteiger partial charge in [0.2, 0.25) is 10.0 Å². The van der Waals surface area contributed by atoms with E-state index in [9.17, 15) is 8.42 Å². The lowest BCUT2D eigenvalue weighted by Gasteiger charge is -2.25. The van der Waals surface area contributed by atoms with Crippen molar-refractivity contribution in [3.63, 3.8) is 0 Å². The van der Waals surface area contributed by atoms with E-state index in [1.54, 1.807) is 6.92 Å². The van der Waals surface area contributed by atoms with E-state index < -0.39 is 10.0 Å². The second kappa shape index (κ2) is 5.28. The number of furan rings is 1. The van der Waals surface area contributed by atoms with Crippen LogP contribution in [0.1, 0.15) is 11.5 Å². The topological polar surface area (TPSA) is 88.4 Å². The first kappa shape index (κ1) is 14.3. The summed E-state index contributed by atoms with van der Waals surface area (Å²) in [5, 5.41) is 6.90. The molecule has 0 radical (unpaired) electrons. The summed E-state index contributed by atoms with van der Waals surface area (Å²) in [6.45, 7) is 5.09. The summed E-state index contributed by atoms with van der Waals surface area (Å²) in [6, 6.07) is 3.35. The Kier molecular flexibility index (Phi) is 3.60. The van der Waals surface area contributed by atoms with Crippen LogP contribution < -0.4 is 0 Å². The minimum atomic E-state index is -3.55. The molecule has 1 aliphatic rings. The summed E-state index contributed by atoms with van der Waals surface area (Å²) in [7, 11) is -3.55. The van der Waals surface area contributed by atoms with Gasteiger partial charge in [0.15, 0.2) is 5.76 Å². The molecular formula is C13H17N3O4S. The number of ether oxygens (including phenoxy) is 1. The summed E-state index contributed by atoms with van der Waals surface area (Å²) in [4.78, 5) is 0.194. The van der Waals surface area contributed by atoms with Gasteiger partial charge in [0, 0.05) is 24.8 Å². The molecule has 1 N–H and O–H groups in total. The third-order valence-corrected chi connectivity index (χ3v) is 5.42. The smallest absolute Gasteiger partial charge is 0.246 e. The molecule has 0 atom stereocenters. The zero-order valence-electron chi connectivity index (χ0n) is 11.9. The molecule has 0 bridgehead atoms. The maximum Gasteiger partial charge on any atom is 0.246 e. The summed E-state index contributed by atoms with van der Waals surface area (Å²) in [6.07, 6.45) is 0. The highest BCUT2D eigenvalue weighted by Gasteiger charge is 2.30. The molecule has 21 heavy (non-hydrogen) atoms. The van der Waals surface area contributed by atoms with Gasteiger partial charge >= 0.3 is 0 Å². The number of morpholine rings is 1. The van der Waals surface area contributed by atoms with Crippen LogP contribution in [-0.2, 0) is 14.8 Å². The number of sulfonamides is 1. The van der Waals surface area contributed by atoms with Crippen molar-refractivity contribution in [1.82, 2.24) is 14.5 Å². The van der Waals surface area contributed by atoms with Gasteiger partial charge < -0.3 is 9.15 Å². The van der Waals surface area contributed by atoms with Crippen molar-refractivity contribution in [2.45, 2.75) is 18.7 Å². The van der Waals surface area contributed by atoms with Crippen LogP contribution in [0.4, 0.5) is 0 Å². The van der Waals surface area contributed by atoms with Gasteiger partial charge in [-0.2, -0.15) is 9.40 Å². The molecule has 7 nitrogen and oxygen atoms in total. The summed E-state index contributed by atoms with van der Waals surface area (Å²) in [5.74, 6) is 0.820. The number of aromatic nitrogens is 2. The minimum absolute atomic E-state index is 0.194. The Morgan fingerprint density at radius 3 is 2.57 bits per heavy atom. The number of rotatable bonds is 3. The van der Waals surface area contributed by atoms with E-state index in [-0.39, 0.29) is 4.90 Å². The Balaban J connectivity index is 1.97. The third kappa shape index (κ3) is 2.61. The third-order valence-electron chi connectivity index (χ3n) is 3.42. The monoisotopic (exact) mass is 311 g/mol. The Morgan fingerprint density at radius 2 is 1.95 bits per heavy atom. The minimum Gasteiger partial charge on any atom is -0.458 e. The van der Waals surface area contributed by atoms with Crippen LogP contribution in [0.3, 0.4) is 0 Å². The van der Waals surface area contributed by atoms with Crippen molar-refractivity contribution in [2.24, 2.45) is 0 Å². The number of hydrogen-bond donors (Lipinski definition) is 1. The normalized spacial score (nSPS) is 17.2. The van der Waals surface area contributed by atoms with Crippen LogP contribution in [-0.4, -0.2) is 49.2 Å². The zero-order valence-corrected chi connectivity index (χ0v) is 12.7. The van der Waals surface area contributed by atoms with Gasteiger partial charge in [0.25, 0.3) is 0 Å². The first-order valence-electron chi connectivity index (χ1n) is 6.69. The first-order chi connectivity index (χ1) is 9.98. The Bertz CT molecular complexity index is 741. The van der Waals surface area contributed by atoms with E-state index in [4.69, 9.17) is 9.15 Å². The molecule has 1 fully saturated rings. The average molecular weight is 311 g/mol. The SMILES string of the molecule is Cc1cc(-c2cc(S(=O)(=O)N3CCOCC3)c(C)o2)n[nH]1. The molecule has 0 spiro atoms. The van der Waals surface area contributed by atoms with Crippen molar-refractivity contribution >= 4 is 10.0 Å². The molecule has 0 aliphatic carbocycles. The standard InChI is InChI=1S/C13H17N3O4S/c1-9-7-11(15-14-9)12-8-13(10(2)20-12)21(17,18)16-3-5-19-6-4-16/h7-8H,3-6H2,1-2H3,(H,14,15). The fraction of sp³-hybridized carbons (Fsp3) is 0.462. The van der Waals surface area contributed by atoms with Crippen molar-refractivity contribution in [3.05, 3.63) is 23.6 Å². The summed E-state index contributed by atoms with van der Waals surface area (Å²) < 4.78 is 37.5. The Labute approximate surface area is 122 Å². The molecule has 2 aromatic rings. The highest BCUT2D eigenvalue weighted by molar-refractivity contribution is 7.89. The van der Waals surface area contributed by atoms with Crippen LogP contribution in [0, 0.1) is 13.8 Å². The highest BCUT2D eigenvalue weighted by atomic mass is 32.2. The number of aryl methyl sites for hydroxylation is 2. The fourth-order valence-electron chi connectivity index (χ4n) is 2.32. The van der Waals surface area contributed by atoms with Crippen molar-refractivity contribution < 1.29 is 17.6 Å². The highest BCUT2D eigenvalue weighted by Crippen LogP contribution is 2.29. The average Bonchev–Trinajstić information content (AvgIpc) is 3.06. The number of hydrogen-bond acceptors (Lipinski definition) is 5. The van der Waals surface area contributed by atoms with Crippen LogP contribution in [0.5, 0.6) is 0 Å². The summed E-state index contributed by atoms with van der Waals surface area (Å²) in [5.41, 5.74) is 1.48. The second-order valence-electron chi connectivity index (χ2n) is 4.98. The van der Waals surface area contributed by atoms with Crippen LogP contribution in [0.15, 0.2) is 21.4 Å². The molecule has 3 rings (SSSR count). The second-order valence-corrected chi connectivity index (χ2v) is 6.89. The van der Waals surface area contributed by atoms with Gasteiger partial charge in [-0.1, -0.05) is 0 Å². The van der Waals surface area contributed by atoms with Gasteiger partial charge in [-0.15, -0.1) is 0 Å². The van der Waals surface area contributed by atoms with Gasteiger partial charge in [-0.25, -0.2) is 8.42 Å². The Morgan fingerprint density at radius 1 is 1.24 bits per heavy atom. The van der Waals surface area contributed by atoms with Crippen LogP contribution in [0.2, 0.25) is 0 Å². The molecule has 2 aromatic heterocycles. The van der Waals surface area contributed by atoms with Crippen molar-refractivity contribution in [1.29, 1.82) is 0 Å². The molecule has 114 valence electrons. The van der Waals surface area contributed by atoms with Gasteiger partial charge in [0.1, 0.15) is 16.3 Å². The maximum absolute atomic E-state index is 12.6. The summed E-state index contributed by atoms with van der Waals surface area (Å²) >= 11 is 0. The van der Waals surface area contributed by atoms with E-state index in [1.807, 2.05) is 13.0 Å². The molecular weight excluding hydrogens is 294 g/mol. The van der Waals surface area contributed by atoms with E-state index >= 15 is 0 Å². The largest absolute Gasteiger partial charge is 0.458 e. The quantitative estimate of drug-likeness (QED) is 0.923. The zero-order chi connectivity index (χ0) is 15.0. The van der Waals surface area contributed by atoms with E-state index in [1.165, 1.54) is 10.4 Å². The van der Waals surface area contributed by atoms with E-state index in [0.717, 1.165) is 5.69 Å². The van der Waals surface area contributed by atoms with Crippen molar-refractivity contribution in [3.8, 4) is 11.5 Å². The molecule has 0 aromatic carbocycles. The van der Waals surface area contributed by atoms with E-state index in [2.05, 4.69) is 10.2 Å². The predicted octanol–water partition coefficient (Wildman–Crippen LogP) is 1.31. The van der Waals surface area contributed by atoms with Gasteiger partial charge in [0.05, 0.1) is 13.2 Å². The predicted molar refractivity (Wildman–Crippen MR) is 75.3 cm³/mol. The van der Waals surface area contributed by atoms with Gasteiger partial charge in [-0.05, 0) is 19.9 Å². The fourth-order valence-corrected chi connectivity index (χ4v) is 3.89. The molecule has 0 unspecified atom stereocenters. The number of nitrogens with zero attached hydrogens (tertiary/aromatic N) is 2. The Hall–Kier alpha value is -1.64. The van der Waals surface area contributed by atoms with Gasteiger partial charge in [-0.3, -0.25) is 5.10 Å². The molecule has 8 heteroatoms. The number of aromatic amines is 1. The lowest BCUT2D eigenvalue weighted by Crippen LogP contribution is -2.40. The van der Waals surface area contributed by atoms with E-state index in [0.29, 0.717) is 43.5 Å². The number of H-pyrrole nitrogens is 1. The molecule has 0 amide bonds. The molecule has 1 aliphatic heterocycles. The molecule has 0 saturated carbocycles. The maximum atomic E-state index is 12.6. The molecule has 3 heterocycles. The van der Waals surface area contributed by atoms with Crippen LogP contribution in [0.25, 0.3) is 11.5 Å². The number of nitrogens with one attached hydrogen (secondary N) is 1. The first-order valence-corrected chi connectivity index (χ1v) is 8.13. The molecule has 1 saturated heterocycles.